The molecule has 0 amide bonds. The third-order valence-corrected chi connectivity index (χ3v) is 3.01. The van der Waals surface area contributed by atoms with Crippen LogP contribution in [0.2, 0.25) is 4.34 Å². The molecule has 0 aliphatic heterocycles. The molecular weight excluding hydrogens is 206 g/mol. The van der Waals surface area contributed by atoms with E-state index in [9.17, 15) is 0 Å². The van der Waals surface area contributed by atoms with Crippen molar-refractivity contribution in [2.45, 2.75) is 0 Å². The summed E-state index contributed by atoms with van der Waals surface area (Å²) in [5.41, 5.74) is 7.37. The maximum Gasteiger partial charge on any atom is 0.101 e. The molecule has 68 valence electrons. The van der Waals surface area contributed by atoms with Gasteiger partial charge in [0.15, 0.2) is 0 Å². The molecule has 13 heavy (non-hydrogen) atoms. The molecule has 2 N–H and O–H groups in total. The van der Waals surface area contributed by atoms with E-state index in [-0.39, 0.29) is 0 Å². The van der Waals surface area contributed by atoms with Crippen LogP contribution in [0.3, 0.4) is 0 Å². The van der Waals surface area contributed by atoms with E-state index in [0.717, 1.165) is 14.9 Å². The lowest BCUT2D eigenvalue weighted by Gasteiger charge is -1.98. The molecule has 5 heteroatoms. The quantitative estimate of drug-likeness (QED) is 0.791. The number of anilines is 1. The molecule has 0 atom stereocenters. The zero-order valence-corrected chi connectivity index (χ0v) is 8.56. The Bertz CT molecular complexity index is 413. The first kappa shape index (κ1) is 8.59. The van der Waals surface area contributed by atoms with Gasteiger partial charge < -0.3 is 5.73 Å². The zero-order valence-electron chi connectivity index (χ0n) is 6.99. The molecule has 0 unspecified atom stereocenters. The summed E-state index contributed by atoms with van der Waals surface area (Å²) in [6.45, 7) is 0. The van der Waals surface area contributed by atoms with E-state index >= 15 is 0 Å². The molecule has 0 aromatic carbocycles. The summed E-state index contributed by atoms with van der Waals surface area (Å²) in [4.78, 5) is 1.04. The van der Waals surface area contributed by atoms with Crippen molar-refractivity contribution < 1.29 is 0 Å². The molecule has 0 bridgehead atoms. The van der Waals surface area contributed by atoms with Gasteiger partial charge in [-0.15, -0.1) is 11.3 Å². The average Bonchev–Trinajstić information content (AvgIpc) is 2.60. The summed E-state index contributed by atoms with van der Waals surface area (Å²) in [6, 6.07) is 3.80. The fraction of sp³-hybridized carbons (Fsp3) is 0.125. The number of rotatable bonds is 1. The first-order chi connectivity index (χ1) is 6.18. The van der Waals surface area contributed by atoms with Crippen molar-refractivity contribution in [2.75, 3.05) is 5.73 Å². The Morgan fingerprint density at radius 2 is 2.31 bits per heavy atom. The van der Waals surface area contributed by atoms with E-state index in [0.29, 0.717) is 5.69 Å². The maximum atomic E-state index is 5.83. The summed E-state index contributed by atoms with van der Waals surface area (Å²) in [5.74, 6) is 0. The van der Waals surface area contributed by atoms with Crippen LogP contribution in [0.4, 0.5) is 5.69 Å². The van der Waals surface area contributed by atoms with Gasteiger partial charge in [0.05, 0.1) is 21.1 Å². The number of thiophene rings is 1. The summed E-state index contributed by atoms with van der Waals surface area (Å²) >= 11 is 7.33. The van der Waals surface area contributed by atoms with Crippen LogP contribution in [0.5, 0.6) is 0 Å². The predicted octanol–water partition coefficient (Wildman–Crippen LogP) is 2.38. The average molecular weight is 214 g/mol. The molecular formula is C8H8ClN3S. The Balaban J connectivity index is 2.57. The SMILES string of the molecule is Cn1ncc(N)c1-c1ccc(Cl)s1. The van der Waals surface area contributed by atoms with Gasteiger partial charge in [0.25, 0.3) is 0 Å². The number of aromatic nitrogens is 2. The topological polar surface area (TPSA) is 43.8 Å². The molecule has 0 saturated carbocycles. The van der Waals surface area contributed by atoms with Gasteiger partial charge in [0, 0.05) is 7.05 Å². The van der Waals surface area contributed by atoms with Gasteiger partial charge in [-0.3, -0.25) is 4.68 Å². The fourth-order valence-corrected chi connectivity index (χ4v) is 2.34. The molecule has 0 aliphatic rings. The second-order valence-electron chi connectivity index (χ2n) is 2.68. The molecule has 0 fully saturated rings. The highest BCUT2D eigenvalue weighted by Gasteiger charge is 2.09. The highest BCUT2D eigenvalue weighted by molar-refractivity contribution is 7.19. The van der Waals surface area contributed by atoms with E-state index in [4.69, 9.17) is 17.3 Å². The summed E-state index contributed by atoms with van der Waals surface area (Å²) in [6.07, 6.45) is 1.64. The lowest BCUT2D eigenvalue weighted by Crippen LogP contribution is -1.93. The second kappa shape index (κ2) is 3.05. The van der Waals surface area contributed by atoms with Crippen molar-refractivity contribution in [3.63, 3.8) is 0 Å². The highest BCUT2D eigenvalue weighted by Crippen LogP contribution is 2.33. The smallest absolute Gasteiger partial charge is 0.101 e. The van der Waals surface area contributed by atoms with Crippen molar-refractivity contribution in [3.05, 3.63) is 22.7 Å². The van der Waals surface area contributed by atoms with E-state index in [1.807, 2.05) is 19.2 Å². The first-order valence-corrected chi connectivity index (χ1v) is 4.91. The van der Waals surface area contributed by atoms with E-state index in [2.05, 4.69) is 5.10 Å². The van der Waals surface area contributed by atoms with Crippen LogP contribution in [0.15, 0.2) is 18.3 Å². The molecule has 3 nitrogen and oxygen atoms in total. The number of hydrogen-bond acceptors (Lipinski definition) is 3. The van der Waals surface area contributed by atoms with Crippen molar-refractivity contribution in [1.82, 2.24) is 9.78 Å². The molecule has 0 saturated heterocycles. The lowest BCUT2D eigenvalue weighted by atomic mass is 10.3. The minimum absolute atomic E-state index is 0.681. The van der Waals surface area contributed by atoms with Gasteiger partial charge >= 0.3 is 0 Å². The summed E-state index contributed by atoms with van der Waals surface area (Å²) in [5, 5.41) is 4.06. The molecule has 2 aromatic heterocycles. The molecule has 0 spiro atoms. The van der Waals surface area contributed by atoms with Crippen LogP contribution in [-0.2, 0) is 7.05 Å². The van der Waals surface area contributed by atoms with Gasteiger partial charge in [-0.25, -0.2) is 0 Å². The van der Waals surface area contributed by atoms with Gasteiger partial charge in [-0.05, 0) is 12.1 Å². The standard InChI is InChI=1S/C8H8ClN3S/c1-12-8(5(10)4-11-12)6-2-3-7(9)13-6/h2-4H,10H2,1H3. The number of hydrogen-bond donors (Lipinski definition) is 1. The maximum absolute atomic E-state index is 5.83. The van der Waals surface area contributed by atoms with Crippen molar-refractivity contribution in [3.8, 4) is 10.6 Å². The third-order valence-electron chi connectivity index (χ3n) is 1.77. The number of nitrogens with zero attached hydrogens (tertiary/aromatic N) is 2. The van der Waals surface area contributed by atoms with Crippen LogP contribution in [-0.4, -0.2) is 9.78 Å². The van der Waals surface area contributed by atoms with Gasteiger partial charge in [-0.1, -0.05) is 11.6 Å². The van der Waals surface area contributed by atoms with Crippen LogP contribution in [0.25, 0.3) is 10.6 Å². The minimum Gasteiger partial charge on any atom is -0.396 e. The van der Waals surface area contributed by atoms with E-state index in [1.165, 1.54) is 11.3 Å². The third kappa shape index (κ3) is 1.43. The van der Waals surface area contributed by atoms with Crippen LogP contribution < -0.4 is 5.73 Å². The van der Waals surface area contributed by atoms with E-state index in [1.54, 1.807) is 10.9 Å². The summed E-state index contributed by atoms with van der Waals surface area (Å²) in [7, 11) is 1.86. The Labute approximate surface area is 84.7 Å². The van der Waals surface area contributed by atoms with Crippen LogP contribution >= 0.6 is 22.9 Å². The fourth-order valence-electron chi connectivity index (χ4n) is 1.20. The van der Waals surface area contributed by atoms with E-state index < -0.39 is 0 Å². The minimum atomic E-state index is 0.681. The normalized spacial score (nSPS) is 10.6. The monoisotopic (exact) mass is 213 g/mol. The number of halogens is 1. The molecule has 2 heterocycles. The Kier molecular flexibility index (Phi) is 2.01. The Morgan fingerprint density at radius 1 is 1.54 bits per heavy atom. The molecule has 0 radical (unpaired) electrons. The first-order valence-electron chi connectivity index (χ1n) is 3.71. The number of nitrogen functional groups attached to an aromatic ring is 1. The van der Waals surface area contributed by atoms with Crippen molar-refractivity contribution in [2.24, 2.45) is 7.05 Å². The van der Waals surface area contributed by atoms with Crippen LogP contribution in [0.1, 0.15) is 0 Å². The number of nitrogens with two attached hydrogens (primary N) is 1. The zero-order chi connectivity index (χ0) is 9.42. The second-order valence-corrected chi connectivity index (χ2v) is 4.39. The highest BCUT2D eigenvalue weighted by atomic mass is 35.5. The Morgan fingerprint density at radius 3 is 2.77 bits per heavy atom. The molecule has 0 aliphatic carbocycles. The summed E-state index contributed by atoms with van der Waals surface area (Å²) < 4.78 is 2.51. The largest absolute Gasteiger partial charge is 0.396 e. The van der Waals surface area contributed by atoms with Crippen LogP contribution in [0, 0.1) is 0 Å². The van der Waals surface area contributed by atoms with Crippen molar-refractivity contribution >= 4 is 28.6 Å². The van der Waals surface area contributed by atoms with Gasteiger partial charge in [0.1, 0.15) is 5.69 Å². The van der Waals surface area contributed by atoms with Crippen molar-refractivity contribution in [1.29, 1.82) is 0 Å². The lowest BCUT2D eigenvalue weighted by molar-refractivity contribution is 0.777. The molecule has 2 rings (SSSR count). The molecule has 2 aromatic rings. The van der Waals surface area contributed by atoms with Gasteiger partial charge in [0.2, 0.25) is 0 Å². The van der Waals surface area contributed by atoms with Gasteiger partial charge in [-0.2, -0.15) is 5.10 Å². The predicted molar refractivity (Wildman–Crippen MR) is 55.9 cm³/mol. The Hall–Kier alpha value is -1.000. The number of aryl methyl sites for hydroxylation is 1.